The standard InChI is InChI=1S/C14H12F4N2O/c15-10-12(11(16)14(18)20-13(10)17)19-9(7-21)6-8-4-2-1-3-5-8/h1-5,9,21H,6-7H2,(H,19,20). The second kappa shape index (κ2) is 6.53. The second-order valence-corrected chi connectivity index (χ2v) is 4.41. The molecule has 0 saturated carbocycles. The summed E-state index contributed by atoms with van der Waals surface area (Å²) in [6.45, 7) is -0.473. The van der Waals surface area contributed by atoms with Crippen LogP contribution in [0.3, 0.4) is 0 Å². The van der Waals surface area contributed by atoms with Crippen LogP contribution in [0.2, 0.25) is 0 Å². The molecule has 0 bridgehead atoms. The van der Waals surface area contributed by atoms with Crippen LogP contribution in [0.5, 0.6) is 0 Å². The molecule has 1 atom stereocenters. The van der Waals surface area contributed by atoms with Crippen molar-refractivity contribution >= 4 is 5.69 Å². The van der Waals surface area contributed by atoms with Crippen molar-refractivity contribution in [3.8, 4) is 0 Å². The quantitative estimate of drug-likeness (QED) is 0.659. The molecular formula is C14H12F4N2O. The molecule has 0 saturated heterocycles. The lowest BCUT2D eigenvalue weighted by Gasteiger charge is -2.18. The van der Waals surface area contributed by atoms with Crippen molar-refractivity contribution in [2.45, 2.75) is 12.5 Å². The monoisotopic (exact) mass is 300 g/mol. The molecule has 1 aromatic carbocycles. The number of pyridine rings is 1. The number of hydrogen-bond donors (Lipinski definition) is 2. The zero-order valence-corrected chi connectivity index (χ0v) is 10.8. The third-order valence-corrected chi connectivity index (χ3v) is 2.89. The Morgan fingerprint density at radius 3 is 2.10 bits per heavy atom. The summed E-state index contributed by atoms with van der Waals surface area (Å²) in [6, 6.07) is 8.01. The number of anilines is 1. The molecular weight excluding hydrogens is 288 g/mol. The normalized spacial score (nSPS) is 12.2. The fraction of sp³-hybridized carbons (Fsp3) is 0.214. The SMILES string of the molecule is OCC(Cc1ccccc1)Nc1c(F)c(F)nc(F)c1F. The summed E-state index contributed by atoms with van der Waals surface area (Å²) in [4.78, 5) is 2.46. The third kappa shape index (κ3) is 3.49. The molecule has 0 aliphatic heterocycles. The summed E-state index contributed by atoms with van der Waals surface area (Å²) in [6.07, 6.45) is 0.224. The van der Waals surface area contributed by atoms with E-state index in [1.165, 1.54) is 0 Å². The Labute approximate surface area is 118 Å². The molecule has 0 radical (unpaired) electrons. The van der Waals surface area contributed by atoms with Crippen LogP contribution in [0.15, 0.2) is 30.3 Å². The largest absolute Gasteiger partial charge is 0.394 e. The Balaban J connectivity index is 2.23. The number of aliphatic hydroxyl groups excluding tert-OH is 1. The van der Waals surface area contributed by atoms with Crippen LogP contribution in [0, 0.1) is 23.5 Å². The van der Waals surface area contributed by atoms with Crippen molar-refractivity contribution in [1.82, 2.24) is 4.98 Å². The first-order valence-electron chi connectivity index (χ1n) is 6.14. The molecule has 0 fully saturated rings. The highest BCUT2D eigenvalue weighted by Crippen LogP contribution is 2.23. The maximum Gasteiger partial charge on any atom is 0.253 e. The third-order valence-electron chi connectivity index (χ3n) is 2.89. The summed E-state index contributed by atoms with van der Waals surface area (Å²) >= 11 is 0. The number of benzene rings is 1. The number of rotatable bonds is 5. The summed E-state index contributed by atoms with van der Waals surface area (Å²) in [7, 11) is 0. The van der Waals surface area contributed by atoms with Gasteiger partial charge in [-0.15, -0.1) is 0 Å². The van der Waals surface area contributed by atoms with E-state index in [4.69, 9.17) is 0 Å². The molecule has 0 amide bonds. The van der Waals surface area contributed by atoms with E-state index in [0.717, 1.165) is 5.56 Å². The van der Waals surface area contributed by atoms with Gasteiger partial charge >= 0.3 is 0 Å². The van der Waals surface area contributed by atoms with E-state index in [2.05, 4.69) is 10.3 Å². The van der Waals surface area contributed by atoms with Gasteiger partial charge in [0.05, 0.1) is 12.6 Å². The first kappa shape index (κ1) is 15.2. The van der Waals surface area contributed by atoms with Gasteiger partial charge < -0.3 is 10.4 Å². The second-order valence-electron chi connectivity index (χ2n) is 4.41. The number of nitrogens with one attached hydrogen (secondary N) is 1. The lowest BCUT2D eigenvalue weighted by atomic mass is 10.1. The predicted octanol–water partition coefficient (Wildman–Crippen LogP) is 2.65. The summed E-state index contributed by atoms with van der Waals surface area (Å²) in [5.74, 6) is -6.73. The van der Waals surface area contributed by atoms with Gasteiger partial charge in [0.1, 0.15) is 5.69 Å². The van der Waals surface area contributed by atoms with Crippen LogP contribution < -0.4 is 5.32 Å². The number of halogens is 4. The average Bonchev–Trinajstić information content (AvgIpc) is 2.49. The minimum absolute atomic E-state index is 0.224. The summed E-state index contributed by atoms with van der Waals surface area (Å²) < 4.78 is 53.0. The van der Waals surface area contributed by atoms with Gasteiger partial charge in [0.25, 0.3) is 11.9 Å². The number of aliphatic hydroxyl groups is 1. The molecule has 0 aliphatic rings. The molecule has 2 N–H and O–H groups in total. The van der Waals surface area contributed by atoms with E-state index in [-0.39, 0.29) is 6.42 Å². The smallest absolute Gasteiger partial charge is 0.253 e. The first-order valence-corrected chi connectivity index (χ1v) is 6.14. The van der Waals surface area contributed by atoms with E-state index in [0.29, 0.717) is 0 Å². The van der Waals surface area contributed by atoms with Gasteiger partial charge in [0.15, 0.2) is 0 Å². The topological polar surface area (TPSA) is 45.1 Å². The first-order chi connectivity index (χ1) is 10.0. The zero-order chi connectivity index (χ0) is 15.4. The molecule has 1 aromatic heterocycles. The molecule has 1 unspecified atom stereocenters. The Bertz CT molecular complexity index is 596. The molecule has 21 heavy (non-hydrogen) atoms. The minimum atomic E-state index is -1.74. The van der Waals surface area contributed by atoms with Gasteiger partial charge in [0, 0.05) is 0 Å². The Kier molecular flexibility index (Phi) is 4.74. The van der Waals surface area contributed by atoms with Gasteiger partial charge in [-0.3, -0.25) is 0 Å². The van der Waals surface area contributed by atoms with Crippen molar-refractivity contribution in [2.24, 2.45) is 0 Å². The lowest BCUT2D eigenvalue weighted by molar-refractivity contribution is 0.272. The maximum atomic E-state index is 13.5. The molecule has 112 valence electrons. The van der Waals surface area contributed by atoms with Gasteiger partial charge in [-0.1, -0.05) is 30.3 Å². The lowest BCUT2D eigenvalue weighted by Crippen LogP contribution is -2.28. The Morgan fingerprint density at radius 1 is 1.00 bits per heavy atom. The van der Waals surface area contributed by atoms with Gasteiger partial charge in [-0.05, 0) is 12.0 Å². The van der Waals surface area contributed by atoms with Crippen LogP contribution in [0.25, 0.3) is 0 Å². The van der Waals surface area contributed by atoms with Crippen LogP contribution in [0.1, 0.15) is 5.56 Å². The van der Waals surface area contributed by atoms with E-state index in [1.807, 2.05) is 0 Å². The van der Waals surface area contributed by atoms with Crippen molar-refractivity contribution < 1.29 is 22.7 Å². The summed E-state index contributed by atoms with van der Waals surface area (Å²) in [5.41, 5.74) is -0.185. The predicted molar refractivity (Wildman–Crippen MR) is 68.7 cm³/mol. The van der Waals surface area contributed by atoms with E-state index >= 15 is 0 Å². The van der Waals surface area contributed by atoms with E-state index in [9.17, 15) is 22.7 Å². The van der Waals surface area contributed by atoms with Gasteiger partial charge in [-0.2, -0.15) is 22.5 Å². The molecule has 0 aliphatic carbocycles. The van der Waals surface area contributed by atoms with Gasteiger partial charge in [-0.25, -0.2) is 0 Å². The minimum Gasteiger partial charge on any atom is -0.394 e. The summed E-state index contributed by atoms with van der Waals surface area (Å²) in [5, 5.41) is 11.5. The fourth-order valence-corrected chi connectivity index (χ4v) is 1.88. The molecule has 7 heteroatoms. The van der Waals surface area contributed by atoms with Crippen molar-refractivity contribution in [2.75, 3.05) is 11.9 Å². The van der Waals surface area contributed by atoms with Crippen LogP contribution in [0.4, 0.5) is 23.2 Å². The van der Waals surface area contributed by atoms with E-state index in [1.54, 1.807) is 30.3 Å². The van der Waals surface area contributed by atoms with Crippen LogP contribution >= 0.6 is 0 Å². The number of hydrogen-bond acceptors (Lipinski definition) is 3. The molecule has 2 aromatic rings. The molecule has 2 rings (SSSR count). The fourth-order valence-electron chi connectivity index (χ4n) is 1.88. The highest BCUT2D eigenvalue weighted by molar-refractivity contribution is 5.46. The maximum absolute atomic E-state index is 13.5. The molecule has 0 spiro atoms. The van der Waals surface area contributed by atoms with Crippen molar-refractivity contribution in [1.29, 1.82) is 0 Å². The van der Waals surface area contributed by atoms with Crippen molar-refractivity contribution in [3.05, 3.63) is 59.4 Å². The van der Waals surface area contributed by atoms with Crippen LogP contribution in [-0.2, 0) is 6.42 Å². The Morgan fingerprint density at radius 2 is 1.57 bits per heavy atom. The van der Waals surface area contributed by atoms with Crippen molar-refractivity contribution in [3.63, 3.8) is 0 Å². The number of nitrogens with zero attached hydrogens (tertiary/aromatic N) is 1. The molecule has 3 nitrogen and oxygen atoms in total. The highest BCUT2D eigenvalue weighted by Gasteiger charge is 2.22. The number of aromatic nitrogens is 1. The zero-order valence-electron chi connectivity index (χ0n) is 10.8. The average molecular weight is 300 g/mol. The van der Waals surface area contributed by atoms with E-state index < -0.39 is 41.9 Å². The van der Waals surface area contributed by atoms with Gasteiger partial charge in [0.2, 0.25) is 11.6 Å². The highest BCUT2D eigenvalue weighted by atomic mass is 19.2. The molecule has 1 heterocycles. The Hall–Kier alpha value is -2.15. The van der Waals surface area contributed by atoms with Crippen LogP contribution in [-0.4, -0.2) is 22.7 Å².